The van der Waals surface area contributed by atoms with Crippen LogP contribution in [0.2, 0.25) is 0 Å². The Balaban J connectivity index is 0. The Kier molecular flexibility index (Phi) is 8.48. The van der Waals surface area contributed by atoms with Crippen molar-refractivity contribution >= 4 is 21.1 Å². The van der Waals surface area contributed by atoms with Crippen LogP contribution in [-0.4, -0.2) is 31.8 Å². The summed E-state index contributed by atoms with van der Waals surface area (Å²) in [6.07, 6.45) is 7.57. The van der Waals surface area contributed by atoms with E-state index < -0.39 is 5.60 Å². The van der Waals surface area contributed by atoms with E-state index in [9.17, 15) is 5.11 Å². The van der Waals surface area contributed by atoms with Gasteiger partial charge in [-0.05, 0) is 0 Å². The minimum atomic E-state index is -0.658. The van der Waals surface area contributed by atoms with Crippen molar-refractivity contribution in [3.63, 3.8) is 0 Å². The zero-order valence-corrected chi connectivity index (χ0v) is 21.2. The monoisotopic (exact) mass is 462 g/mol. The fourth-order valence-corrected chi connectivity index (χ4v) is 2.56. The normalized spacial score (nSPS) is 19.6. The molecular weight excluding hydrogens is 422 g/mol. The van der Waals surface area contributed by atoms with Gasteiger partial charge in [0, 0.05) is 2.85 Å². The summed E-state index contributed by atoms with van der Waals surface area (Å²) < 4.78 is 1.86. The van der Waals surface area contributed by atoms with Gasteiger partial charge in [-0.1, -0.05) is 0 Å². The number of aliphatic hydroxyl groups is 1. The Labute approximate surface area is 192 Å². The number of rotatable bonds is 6. The second kappa shape index (κ2) is 9.23. The first-order valence-corrected chi connectivity index (χ1v) is 11.1. The maximum absolute atomic E-state index is 9.70. The molecule has 1 N–H and O–H groups in total. The summed E-state index contributed by atoms with van der Waals surface area (Å²) >= 11 is 4.88. The predicted molar refractivity (Wildman–Crippen MR) is 117 cm³/mol. The van der Waals surface area contributed by atoms with Crippen molar-refractivity contribution in [2.24, 2.45) is 26.2 Å². The molecule has 2 aliphatic carbocycles. The quantitative estimate of drug-likeness (QED) is 0.434. The van der Waals surface area contributed by atoms with Gasteiger partial charge in [-0.2, -0.15) is 0 Å². The molecule has 0 aromatic rings. The zero-order valence-electron chi connectivity index (χ0n) is 18.4. The van der Waals surface area contributed by atoms with Crippen molar-refractivity contribution < 1.29 is 41.9 Å². The standard InChI is InChI=1S/C12H18N.C11H16NO.2V.2H2/c1-10(11(2,3)4)8-13-9-12(5)6-7-12;1-9(10(2,3)4)7-12-8-11(13)5-6-11;;;;/h1,8H,6-7H2,2-5H3;1,7,13H,5-6H2,2-4H3;;;2*1H/q2*-1;;;;/i;;;;2*1+1. The summed E-state index contributed by atoms with van der Waals surface area (Å²) in [4.78, 5) is 8.60. The van der Waals surface area contributed by atoms with Crippen LogP contribution in [0.4, 0.5) is 0 Å². The molecule has 0 aliphatic heterocycles. The molecule has 0 heterocycles. The number of allylic oxidation sites excluding steroid dienone is 2. The van der Waals surface area contributed by atoms with E-state index in [4.69, 9.17) is 13.2 Å². The van der Waals surface area contributed by atoms with E-state index in [0.29, 0.717) is 9.77 Å². The van der Waals surface area contributed by atoms with Crippen molar-refractivity contribution in [3.8, 4) is 0 Å². The molecule has 0 bridgehead atoms. The average molecular weight is 462 g/mol. The van der Waals surface area contributed by atoms with Gasteiger partial charge < -0.3 is 0 Å². The Bertz CT molecular complexity index is 620. The molecule has 0 radical (unpaired) electrons. The van der Waals surface area contributed by atoms with Crippen LogP contribution in [0.15, 0.2) is 21.1 Å². The second-order valence-corrected chi connectivity index (χ2v) is 11.5. The molecule has 0 spiro atoms. The Hall–Kier alpha value is -0.311. The Morgan fingerprint density at radius 1 is 0.857 bits per heavy atom. The van der Waals surface area contributed by atoms with Gasteiger partial charge in [0.1, 0.15) is 0 Å². The van der Waals surface area contributed by atoms with Crippen LogP contribution in [0, 0.1) is 29.4 Å². The SMILES string of the molecule is [2HH].[2HH].[CH-]=C(C=N[C](=[V])C1(C)CC1)C(C)(C)C.[CH-]=C(C=N[C](=[V])C1(O)CC1)C(C)(C)C. The summed E-state index contributed by atoms with van der Waals surface area (Å²) in [7, 11) is 0. The summed E-state index contributed by atoms with van der Waals surface area (Å²) in [5.74, 6) is 0. The molecule has 28 heavy (non-hydrogen) atoms. The van der Waals surface area contributed by atoms with Crippen LogP contribution in [0.25, 0.3) is 0 Å². The second-order valence-electron chi connectivity index (χ2n) is 10.2. The van der Waals surface area contributed by atoms with Gasteiger partial charge in [-0.15, -0.1) is 0 Å². The molecule has 0 aromatic carbocycles. The van der Waals surface area contributed by atoms with Crippen molar-refractivity contribution in [2.45, 2.75) is 79.8 Å². The van der Waals surface area contributed by atoms with Crippen LogP contribution in [0.1, 0.15) is 77.0 Å². The Morgan fingerprint density at radius 3 is 1.50 bits per heavy atom. The molecule has 0 unspecified atom stereocenters. The first-order chi connectivity index (χ1) is 12.5. The van der Waals surface area contributed by atoms with Crippen molar-refractivity contribution in [1.82, 2.24) is 0 Å². The number of nitrogens with zero attached hydrogens (tertiary/aromatic N) is 2. The van der Waals surface area contributed by atoms with Gasteiger partial charge in [0.05, 0.1) is 0 Å². The first-order valence-electron chi connectivity index (χ1n) is 9.70. The van der Waals surface area contributed by atoms with E-state index in [1.54, 1.807) is 12.4 Å². The van der Waals surface area contributed by atoms with Crippen LogP contribution < -0.4 is 0 Å². The maximum atomic E-state index is 9.70. The number of hydrogen-bond acceptors (Lipinski definition) is 3. The average Bonchev–Trinajstić information content (AvgIpc) is 3.48. The molecule has 0 atom stereocenters. The van der Waals surface area contributed by atoms with Crippen LogP contribution in [-0.2, 0) is 34.0 Å². The van der Waals surface area contributed by atoms with Gasteiger partial charge in [0.15, 0.2) is 0 Å². The Morgan fingerprint density at radius 2 is 1.21 bits per heavy atom. The molecule has 3 nitrogen and oxygen atoms in total. The summed E-state index contributed by atoms with van der Waals surface area (Å²) in [5.41, 5.74) is 1.20. The van der Waals surface area contributed by atoms with Crippen molar-refractivity contribution in [3.05, 3.63) is 24.3 Å². The molecule has 5 heteroatoms. The molecule has 2 rings (SSSR count). The molecule has 0 aromatic heterocycles. The number of aliphatic imine (C=N–C) groups is 2. The van der Waals surface area contributed by atoms with Gasteiger partial charge in [-0.25, -0.2) is 0 Å². The van der Waals surface area contributed by atoms with E-state index in [-0.39, 0.29) is 13.7 Å². The van der Waals surface area contributed by atoms with E-state index in [2.05, 4.69) is 71.6 Å². The molecule has 2 saturated carbocycles. The molecule has 158 valence electrons. The summed E-state index contributed by atoms with van der Waals surface area (Å²) in [5, 5.41) is 9.70. The van der Waals surface area contributed by atoms with E-state index in [0.717, 1.165) is 28.3 Å². The third-order valence-electron chi connectivity index (χ3n) is 5.06. The molecule has 0 saturated heterocycles. The van der Waals surface area contributed by atoms with Gasteiger partial charge >= 0.3 is 190 Å². The van der Waals surface area contributed by atoms with Gasteiger partial charge in [0.25, 0.3) is 0 Å². The third kappa shape index (κ3) is 8.20. The van der Waals surface area contributed by atoms with Crippen molar-refractivity contribution in [1.29, 1.82) is 0 Å². The first kappa shape index (κ1) is 25.7. The van der Waals surface area contributed by atoms with E-state index in [1.807, 2.05) is 20.8 Å². The fraction of sp³-hybridized carbons (Fsp3) is 0.652. The zero-order chi connectivity index (χ0) is 22.0. The minimum absolute atomic E-state index is 0. The molecule has 0 amide bonds. The van der Waals surface area contributed by atoms with Crippen molar-refractivity contribution in [2.75, 3.05) is 0 Å². The fourth-order valence-electron chi connectivity index (χ4n) is 1.68. The summed E-state index contributed by atoms with van der Waals surface area (Å²) in [6, 6.07) is 0. The van der Waals surface area contributed by atoms with Gasteiger partial charge in [0.2, 0.25) is 0 Å². The van der Waals surface area contributed by atoms with Gasteiger partial charge in [-0.3, -0.25) is 0 Å². The third-order valence-corrected chi connectivity index (χ3v) is 6.92. The van der Waals surface area contributed by atoms with Crippen LogP contribution >= 0.6 is 0 Å². The molecular formula is C23H38N2OV2-2. The summed E-state index contributed by atoms with van der Waals surface area (Å²) in [6.45, 7) is 26.4. The van der Waals surface area contributed by atoms with E-state index in [1.165, 1.54) is 12.8 Å². The predicted octanol–water partition coefficient (Wildman–Crippen LogP) is 5.10. The van der Waals surface area contributed by atoms with E-state index >= 15 is 0 Å². The van der Waals surface area contributed by atoms with Crippen LogP contribution in [0.5, 0.6) is 0 Å². The number of hydrogen-bond donors (Lipinski definition) is 1. The topological polar surface area (TPSA) is 45.0 Å². The van der Waals surface area contributed by atoms with Crippen LogP contribution in [0.3, 0.4) is 0 Å². The molecule has 2 fully saturated rings. The molecule has 2 aliphatic rings.